The smallest absolute Gasteiger partial charge is 0.322 e. The van der Waals surface area contributed by atoms with Crippen LogP contribution in [0.15, 0.2) is 0 Å². The highest BCUT2D eigenvalue weighted by atomic mass is 16.2. The third kappa shape index (κ3) is 3.08. The second-order valence-corrected chi connectivity index (χ2v) is 5.66. The van der Waals surface area contributed by atoms with Crippen molar-refractivity contribution in [3.63, 3.8) is 0 Å². The summed E-state index contributed by atoms with van der Waals surface area (Å²) in [4.78, 5) is 25.8. The lowest BCUT2D eigenvalue weighted by Crippen LogP contribution is -2.57. The van der Waals surface area contributed by atoms with E-state index in [1.807, 2.05) is 0 Å². The van der Waals surface area contributed by atoms with Crippen LogP contribution in [-0.2, 0) is 4.79 Å². The summed E-state index contributed by atoms with van der Waals surface area (Å²) in [6.45, 7) is 4.25. The zero-order valence-corrected chi connectivity index (χ0v) is 11.8. The van der Waals surface area contributed by atoms with Crippen LogP contribution in [0.1, 0.15) is 51.9 Å². The molecule has 5 heteroatoms. The number of rotatable bonds is 6. The molecule has 0 bridgehead atoms. The summed E-state index contributed by atoms with van der Waals surface area (Å²) in [5.74, 6) is -0.0276. The number of piperidine rings is 1. The Balaban J connectivity index is 1.84. The number of hydrogen-bond acceptors (Lipinski definition) is 3. The standard InChI is InChI=1S/C14H25N3O2/c1-2-3-4-5-6-10-17-12(18)14(16-13(17)19)8-7-9-15-11-14/h15H,2-11H2,1H3,(H,16,19). The molecule has 0 aromatic carbocycles. The fourth-order valence-electron chi connectivity index (χ4n) is 2.95. The quantitative estimate of drug-likeness (QED) is 0.568. The molecular weight excluding hydrogens is 242 g/mol. The molecule has 19 heavy (non-hydrogen) atoms. The van der Waals surface area contributed by atoms with E-state index in [2.05, 4.69) is 17.6 Å². The van der Waals surface area contributed by atoms with Gasteiger partial charge in [0.05, 0.1) is 0 Å². The maximum atomic E-state index is 12.4. The number of hydrogen-bond donors (Lipinski definition) is 2. The summed E-state index contributed by atoms with van der Waals surface area (Å²) in [5, 5.41) is 6.11. The van der Waals surface area contributed by atoms with Gasteiger partial charge in [0.15, 0.2) is 0 Å². The van der Waals surface area contributed by atoms with Crippen molar-refractivity contribution in [1.82, 2.24) is 15.5 Å². The molecule has 2 fully saturated rings. The van der Waals surface area contributed by atoms with Crippen molar-refractivity contribution in [3.05, 3.63) is 0 Å². The first-order valence-corrected chi connectivity index (χ1v) is 7.54. The molecule has 2 saturated heterocycles. The van der Waals surface area contributed by atoms with Crippen LogP contribution >= 0.6 is 0 Å². The van der Waals surface area contributed by atoms with Crippen molar-refractivity contribution in [2.24, 2.45) is 0 Å². The highest BCUT2D eigenvalue weighted by molar-refractivity contribution is 6.07. The molecule has 1 atom stereocenters. The number of urea groups is 1. The van der Waals surface area contributed by atoms with Crippen molar-refractivity contribution in [2.45, 2.75) is 57.4 Å². The van der Waals surface area contributed by atoms with E-state index in [0.717, 1.165) is 32.2 Å². The number of amides is 3. The van der Waals surface area contributed by atoms with Gasteiger partial charge in [-0.05, 0) is 25.8 Å². The third-order valence-electron chi connectivity index (χ3n) is 4.12. The maximum Gasteiger partial charge on any atom is 0.325 e. The highest BCUT2D eigenvalue weighted by Crippen LogP contribution is 2.25. The lowest BCUT2D eigenvalue weighted by molar-refractivity contribution is -0.131. The lowest BCUT2D eigenvalue weighted by atomic mass is 9.90. The lowest BCUT2D eigenvalue weighted by Gasteiger charge is -2.31. The minimum Gasteiger partial charge on any atom is -0.322 e. The molecule has 0 saturated carbocycles. The van der Waals surface area contributed by atoms with Gasteiger partial charge >= 0.3 is 6.03 Å². The third-order valence-corrected chi connectivity index (χ3v) is 4.12. The van der Waals surface area contributed by atoms with E-state index in [-0.39, 0.29) is 11.9 Å². The number of imide groups is 1. The predicted molar refractivity (Wildman–Crippen MR) is 73.8 cm³/mol. The van der Waals surface area contributed by atoms with Crippen LogP contribution in [0.4, 0.5) is 4.79 Å². The normalized spacial score (nSPS) is 27.1. The largest absolute Gasteiger partial charge is 0.325 e. The molecule has 0 radical (unpaired) electrons. The van der Waals surface area contributed by atoms with E-state index in [0.29, 0.717) is 13.1 Å². The average molecular weight is 267 g/mol. The Morgan fingerprint density at radius 2 is 2.00 bits per heavy atom. The molecule has 5 nitrogen and oxygen atoms in total. The predicted octanol–water partition coefficient (Wildman–Crippen LogP) is 1.63. The molecule has 0 aromatic heterocycles. The first-order valence-electron chi connectivity index (χ1n) is 7.54. The summed E-state index contributed by atoms with van der Waals surface area (Å²) in [7, 11) is 0. The molecule has 0 aromatic rings. The SMILES string of the molecule is CCCCCCCN1C(=O)NC2(CCCNC2)C1=O. The topological polar surface area (TPSA) is 61.4 Å². The van der Waals surface area contributed by atoms with Crippen LogP contribution in [0.25, 0.3) is 0 Å². The fraction of sp³-hybridized carbons (Fsp3) is 0.857. The van der Waals surface area contributed by atoms with Gasteiger partial charge < -0.3 is 10.6 Å². The van der Waals surface area contributed by atoms with Crippen molar-refractivity contribution < 1.29 is 9.59 Å². The highest BCUT2D eigenvalue weighted by Gasteiger charge is 2.51. The van der Waals surface area contributed by atoms with Crippen molar-refractivity contribution in [2.75, 3.05) is 19.6 Å². The number of unbranched alkanes of at least 4 members (excludes halogenated alkanes) is 4. The molecule has 1 spiro atoms. The zero-order valence-electron chi connectivity index (χ0n) is 11.8. The first-order chi connectivity index (χ1) is 9.19. The van der Waals surface area contributed by atoms with Crippen molar-refractivity contribution >= 4 is 11.9 Å². The van der Waals surface area contributed by atoms with Gasteiger partial charge in [-0.15, -0.1) is 0 Å². The van der Waals surface area contributed by atoms with Crippen LogP contribution in [0.5, 0.6) is 0 Å². The van der Waals surface area contributed by atoms with Gasteiger partial charge in [-0.3, -0.25) is 9.69 Å². The van der Waals surface area contributed by atoms with Gasteiger partial charge in [0.2, 0.25) is 0 Å². The van der Waals surface area contributed by atoms with E-state index in [9.17, 15) is 9.59 Å². The van der Waals surface area contributed by atoms with E-state index < -0.39 is 5.54 Å². The summed E-state index contributed by atoms with van der Waals surface area (Å²) < 4.78 is 0. The van der Waals surface area contributed by atoms with E-state index in [1.54, 1.807) is 0 Å². The summed E-state index contributed by atoms with van der Waals surface area (Å²) in [6.07, 6.45) is 7.34. The Labute approximate surface area is 115 Å². The second-order valence-electron chi connectivity index (χ2n) is 5.66. The molecule has 2 rings (SSSR count). The molecular formula is C14H25N3O2. The number of carbonyl (C=O) groups is 2. The molecule has 108 valence electrons. The average Bonchev–Trinajstić information content (AvgIpc) is 2.63. The minimum atomic E-state index is -0.654. The van der Waals surface area contributed by atoms with Crippen LogP contribution in [0, 0.1) is 0 Å². The zero-order chi connectivity index (χ0) is 13.7. The van der Waals surface area contributed by atoms with Gasteiger partial charge in [0, 0.05) is 13.1 Å². The summed E-state index contributed by atoms with van der Waals surface area (Å²) in [5.41, 5.74) is -0.654. The molecule has 3 amide bonds. The number of carbonyl (C=O) groups excluding carboxylic acids is 2. The van der Waals surface area contributed by atoms with Gasteiger partial charge in [0.25, 0.3) is 5.91 Å². The molecule has 2 aliphatic heterocycles. The number of nitrogens with zero attached hydrogens (tertiary/aromatic N) is 1. The summed E-state index contributed by atoms with van der Waals surface area (Å²) >= 11 is 0. The van der Waals surface area contributed by atoms with E-state index >= 15 is 0 Å². The van der Waals surface area contributed by atoms with Crippen LogP contribution in [-0.4, -0.2) is 42.0 Å². The van der Waals surface area contributed by atoms with Crippen LogP contribution < -0.4 is 10.6 Å². The molecule has 2 aliphatic rings. The number of nitrogens with one attached hydrogen (secondary N) is 2. The Hall–Kier alpha value is -1.10. The van der Waals surface area contributed by atoms with Gasteiger partial charge in [-0.2, -0.15) is 0 Å². The molecule has 0 aliphatic carbocycles. The van der Waals surface area contributed by atoms with Crippen LogP contribution in [0.2, 0.25) is 0 Å². The van der Waals surface area contributed by atoms with E-state index in [4.69, 9.17) is 0 Å². The Morgan fingerprint density at radius 3 is 2.68 bits per heavy atom. The maximum absolute atomic E-state index is 12.4. The second kappa shape index (κ2) is 6.37. The van der Waals surface area contributed by atoms with Gasteiger partial charge in [0.1, 0.15) is 5.54 Å². The molecule has 2 heterocycles. The van der Waals surface area contributed by atoms with Crippen molar-refractivity contribution in [3.8, 4) is 0 Å². The Morgan fingerprint density at radius 1 is 1.21 bits per heavy atom. The summed E-state index contributed by atoms with van der Waals surface area (Å²) in [6, 6.07) is -0.204. The fourth-order valence-corrected chi connectivity index (χ4v) is 2.95. The van der Waals surface area contributed by atoms with Crippen molar-refractivity contribution in [1.29, 1.82) is 0 Å². The first kappa shape index (κ1) is 14.3. The van der Waals surface area contributed by atoms with Gasteiger partial charge in [-0.1, -0.05) is 32.6 Å². The van der Waals surface area contributed by atoms with Crippen LogP contribution in [0.3, 0.4) is 0 Å². The monoisotopic (exact) mass is 267 g/mol. The van der Waals surface area contributed by atoms with E-state index in [1.165, 1.54) is 24.2 Å². The Kier molecular flexibility index (Phi) is 4.80. The molecule has 2 N–H and O–H groups in total. The Bertz CT molecular complexity index is 338. The molecule has 1 unspecified atom stereocenters. The van der Waals surface area contributed by atoms with Gasteiger partial charge in [-0.25, -0.2) is 4.79 Å². The minimum absolute atomic E-state index is 0.0276.